The van der Waals surface area contributed by atoms with Crippen molar-refractivity contribution in [1.82, 2.24) is 9.55 Å². The van der Waals surface area contributed by atoms with E-state index >= 15 is 0 Å². The maximum Gasteiger partial charge on any atom is 0.182 e. The zero-order valence-electron chi connectivity index (χ0n) is 11.3. The summed E-state index contributed by atoms with van der Waals surface area (Å²) in [7, 11) is 1.65. The SMILES string of the molecule is COc1ccc(-n2c(-c3ccccc3)c[nH]c2=S)cc1Br. The van der Waals surface area contributed by atoms with E-state index in [1.807, 2.05) is 47.2 Å². The van der Waals surface area contributed by atoms with Gasteiger partial charge in [0.2, 0.25) is 0 Å². The monoisotopic (exact) mass is 360 g/mol. The molecule has 1 N–H and O–H groups in total. The van der Waals surface area contributed by atoms with Gasteiger partial charge < -0.3 is 9.72 Å². The summed E-state index contributed by atoms with van der Waals surface area (Å²) in [5, 5.41) is 0. The number of hydrogen-bond donors (Lipinski definition) is 1. The van der Waals surface area contributed by atoms with Gasteiger partial charge in [-0.2, -0.15) is 0 Å². The first-order valence-electron chi connectivity index (χ1n) is 6.40. The molecular weight excluding hydrogens is 348 g/mol. The number of halogens is 1. The molecule has 3 rings (SSSR count). The number of benzene rings is 2. The molecular formula is C16H13BrN2OS. The summed E-state index contributed by atoms with van der Waals surface area (Å²) in [5.74, 6) is 0.794. The average Bonchev–Trinajstić information content (AvgIpc) is 2.90. The second-order valence-corrected chi connectivity index (χ2v) is 5.74. The molecule has 0 fully saturated rings. The van der Waals surface area contributed by atoms with Crippen LogP contribution in [0.5, 0.6) is 5.75 Å². The topological polar surface area (TPSA) is 29.9 Å². The first kappa shape index (κ1) is 14.1. The lowest BCUT2D eigenvalue weighted by Crippen LogP contribution is -1.97. The molecule has 0 saturated heterocycles. The Balaban J connectivity index is 2.17. The van der Waals surface area contributed by atoms with Crippen LogP contribution in [0.25, 0.3) is 16.9 Å². The molecule has 3 nitrogen and oxygen atoms in total. The summed E-state index contributed by atoms with van der Waals surface area (Å²) in [6, 6.07) is 16.1. The minimum atomic E-state index is 0.658. The van der Waals surface area contributed by atoms with Gasteiger partial charge in [-0.05, 0) is 46.3 Å². The standard InChI is InChI=1S/C16H13BrN2OS/c1-20-15-8-7-12(9-13(15)17)19-14(10-18-16(19)21)11-5-3-2-4-6-11/h2-10H,1H3,(H,18,21). The maximum absolute atomic E-state index is 5.42. The Kier molecular flexibility index (Phi) is 3.94. The number of hydrogen-bond acceptors (Lipinski definition) is 2. The van der Waals surface area contributed by atoms with Crippen molar-refractivity contribution in [2.75, 3.05) is 7.11 Å². The summed E-state index contributed by atoms with van der Waals surface area (Å²) >= 11 is 8.94. The molecule has 0 bridgehead atoms. The quantitative estimate of drug-likeness (QED) is 0.668. The van der Waals surface area contributed by atoms with Crippen molar-refractivity contribution in [2.45, 2.75) is 0 Å². The molecule has 21 heavy (non-hydrogen) atoms. The van der Waals surface area contributed by atoms with E-state index in [9.17, 15) is 0 Å². The van der Waals surface area contributed by atoms with Crippen molar-refractivity contribution in [3.8, 4) is 22.7 Å². The first-order valence-corrected chi connectivity index (χ1v) is 7.60. The third-order valence-corrected chi connectivity index (χ3v) is 4.16. The van der Waals surface area contributed by atoms with E-state index in [-0.39, 0.29) is 0 Å². The number of aromatic amines is 1. The van der Waals surface area contributed by atoms with Gasteiger partial charge in [0, 0.05) is 17.4 Å². The van der Waals surface area contributed by atoms with Crippen molar-refractivity contribution in [3.05, 3.63) is 64.0 Å². The third kappa shape index (κ3) is 2.66. The highest BCUT2D eigenvalue weighted by molar-refractivity contribution is 9.10. The number of H-pyrrole nitrogens is 1. The van der Waals surface area contributed by atoms with Gasteiger partial charge in [-0.15, -0.1) is 0 Å². The molecule has 106 valence electrons. The molecule has 1 heterocycles. The van der Waals surface area contributed by atoms with E-state index in [1.165, 1.54) is 0 Å². The van der Waals surface area contributed by atoms with Crippen molar-refractivity contribution < 1.29 is 4.74 Å². The van der Waals surface area contributed by atoms with Crippen molar-refractivity contribution in [2.24, 2.45) is 0 Å². The van der Waals surface area contributed by atoms with Crippen LogP contribution < -0.4 is 4.74 Å². The van der Waals surface area contributed by atoms with Crippen LogP contribution in [-0.4, -0.2) is 16.7 Å². The van der Waals surface area contributed by atoms with Crippen LogP contribution >= 0.6 is 28.1 Å². The molecule has 5 heteroatoms. The number of aromatic nitrogens is 2. The Morgan fingerprint density at radius 1 is 1.14 bits per heavy atom. The van der Waals surface area contributed by atoms with Gasteiger partial charge in [-0.25, -0.2) is 0 Å². The second kappa shape index (κ2) is 5.87. The number of ether oxygens (including phenoxy) is 1. The van der Waals surface area contributed by atoms with E-state index in [0.29, 0.717) is 4.77 Å². The molecule has 1 aromatic heterocycles. The van der Waals surface area contributed by atoms with Crippen molar-refractivity contribution in [3.63, 3.8) is 0 Å². The molecule has 3 aromatic rings. The number of imidazole rings is 1. The van der Waals surface area contributed by atoms with Crippen LogP contribution in [0.2, 0.25) is 0 Å². The van der Waals surface area contributed by atoms with E-state index in [2.05, 4.69) is 33.0 Å². The Morgan fingerprint density at radius 2 is 1.90 bits per heavy atom. The highest BCUT2D eigenvalue weighted by Crippen LogP contribution is 2.30. The van der Waals surface area contributed by atoms with E-state index in [1.54, 1.807) is 7.11 Å². The molecule has 0 amide bonds. The Hall–Kier alpha value is -1.85. The zero-order valence-corrected chi connectivity index (χ0v) is 13.7. The fourth-order valence-electron chi connectivity index (χ4n) is 2.24. The van der Waals surface area contributed by atoms with Crippen LogP contribution in [-0.2, 0) is 0 Å². The predicted molar refractivity (Wildman–Crippen MR) is 90.6 cm³/mol. The molecule has 0 radical (unpaired) electrons. The first-order chi connectivity index (χ1) is 10.2. The minimum absolute atomic E-state index is 0.658. The highest BCUT2D eigenvalue weighted by atomic mass is 79.9. The molecule has 0 aliphatic rings. The summed E-state index contributed by atoms with van der Waals surface area (Å²) in [4.78, 5) is 3.11. The van der Waals surface area contributed by atoms with Crippen molar-refractivity contribution in [1.29, 1.82) is 0 Å². The normalized spacial score (nSPS) is 10.6. The molecule has 0 atom stereocenters. The maximum atomic E-state index is 5.42. The molecule has 0 aliphatic heterocycles. The third-order valence-electron chi connectivity index (χ3n) is 3.24. The van der Waals surface area contributed by atoms with Crippen molar-refractivity contribution >= 4 is 28.1 Å². The summed E-state index contributed by atoms with van der Waals surface area (Å²) in [6.07, 6.45) is 1.93. The summed E-state index contributed by atoms with van der Waals surface area (Å²) in [6.45, 7) is 0. The number of nitrogens with zero attached hydrogens (tertiary/aromatic N) is 1. The van der Waals surface area contributed by atoms with Crippen LogP contribution in [0.4, 0.5) is 0 Å². The fraction of sp³-hybridized carbons (Fsp3) is 0.0625. The predicted octanol–water partition coefficient (Wildman–Crippen LogP) is 4.97. The Labute approximate surface area is 136 Å². The smallest absolute Gasteiger partial charge is 0.182 e. The molecule has 0 aliphatic carbocycles. The fourth-order valence-corrected chi connectivity index (χ4v) is 3.03. The Bertz CT molecular complexity index is 824. The summed E-state index contributed by atoms with van der Waals surface area (Å²) in [5.41, 5.74) is 3.11. The molecule has 0 saturated carbocycles. The lowest BCUT2D eigenvalue weighted by atomic mass is 10.1. The van der Waals surface area contributed by atoms with Crippen LogP contribution in [0.15, 0.2) is 59.2 Å². The van der Waals surface area contributed by atoms with Gasteiger partial charge >= 0.3 is 0 Å². The van der Waals surface area contributed by atoms with Gasteiger partial charge in [0.15, 0.2) is 4.77 Å². The number of rotatable bonds is 3. The van der Waals surface area contributed by atoms with E-state index in [4.69, 9.17) is 17.0 Å². The van der Waals surface area contributed by atoms with Crippen LogP contribution in [0.3, 0.4) is 0 Å². The highest BCUT2D eigenvalue weighted by Gasteiger charge is 2.10. The molecule has 0 unspecified atom stereocenters. The van der Waals surface area contributed by atoms with E-state index in [0.717, 1.165) is 27.2 Å². The van der Waals surface area contributed by atoms with Gasteiger partial charge in [-0.3, -0.25) is 4.57 Å². The lowest BCUT2D eigenvalue weighted by molar-refractivity contribution is 0.412. The number of nitrogens with one attached hydrogen (secondary N) is 1. The van der Waals surface area contributed by atoms with Gasteiger partial charge in [0.1, 0.15) is 5.75 Å². The molecule has 2 aromatic carbocycles. The van der Waals surface area contributed by atoms with E-state index < -0.39 is 0 Å². The van der Waals surface area contributed by atoms with Gasteiger partial charge in [0.05, 0.1) is 17.3 Å². The van der Waals surface area contributed by atoms with Gasteiger partial charge in [0.25, 0.3) is 0 Å². The zero-order chi connectivity index (χ0) is 14.8. The van der Waals surface area contributed by atoms with Crippen LogP contribution in [0, 0.1) is 4.77 Å². The lowest BCUT2D eigenvalue weighted by Gasteiger charge is -2.11. The second-order valence-electron chi connectivity index (χ2n) is 4.50. The number of methoxy groups -OCH3 is 1. The largest absolute Gasteiger partial charge is 0.496 e. The van der Waals surface area contributed by atoms with Gasteiger partial charge in [-0.1, -0.05) is 30.3 Å². The summed E-state index contributed by atoms with van der Waals surface area (Å²) < 4.78 is 8.83. The van der Waals surface area contributed by atoms with Crippen LogP contribution in [0.1, 0.15) is 0 Å². The average molecular weight is 361 g/mol. The minimum Gasteiger partial charge on any atom is -0.496 e. The molecule has 0 spiro atoms. The Morgan fingerprint density at radius 3 is 2.57 bits per heavy atom.